The topological polar surface area (TPSA) is 87.2 Å². The number of carboxylic acid groups (broad SMARTS) is 1. The average Bonchev–Trinajstić information content (AvgIpc) is 3.24. The predicted molar refractivity (Wildman–Crippen MR) is 78.3 cm³/mol. The molecule has 1 aliphatic carbocycles. The largest absolute Gasteiger partial charge is 0.465 e. The summed E-state index contributed by atoms with van der Waals surface area (Å²) in [6, 6.07) is 0. The minimum atomic E-state index is -0.921. The van der Waals surface area contributed by atoms with Crippen LogP contribution in [0.2, 0.25) is 0 Å². The fraction of sp³-hybridized carbons (Fsp3) is 0.688. The van der Waals surface area contributed by atoms with Crippen molar-refractivity contribution >= 4 is 18.0 Å². The zero-order valence-corrected chi connectivity index (χ0v) is 12.9. The van der Waals surface area contributed by atoms with E-state index in [2.05, 4.69) is 0 Å². The third-order valence-electron chi connectivity index (χ3n) is 5.69. The molecule has 3 aliphatic heterocycles. The molecule has 7 nitrogen and oxygen atoms in total. The number of cyclic esters (lactones) is 1. The van der Waals surface area contributed by atoms with Crippen LogP contribution in [0.5, 0.6) is 0 Å². The van der Waals surface area contributed by atoms with Crippen LogP contribution in [0, 0.1) is 11.3 Å². The Morgan fingerprint density at radius 2 is 1.78 bits per heavy atom. The van der Waals surface area contributed by atoms with Gasteiger partial charge in [-0.05, 0) is 38.0 Å². The normalized spacial score (nSPS) is 27.1. The molecule has 1 spiro atoms. The summed E-state index contributed by atoms with van der Waals surface area (Å²) in [7, 11) is 0. The molecule has 0 aromatic rings. The molecule has 7 heteroatoms. The van der Waals surface area contributed by atoms with Crippen molar-refractivity contribution in [3.05, 3.63) is 11.3 Å². The Morgan fingerprint density at radius 3 is 2.39 bits per heavy atom. The van der Waals surface area contributed by atoms with Gasteiger partial charge < -0.3 is 19.6 Å². The first-order valence-electron chi connectivity index (χ1n) is 8.22. The van der Waals surface area contributed by atoms with E-state index < -0.39 is 11.5 Å². The summed E-state index contributed by atoms with van der Waals surface area (Å²) in [5.74, 6) is 0.0455. The van der Waals surface area contributed by atoms with Gasteiger partial charge in [-0.25, -0.2) is 9.59 Å². The molecule has 1 saturated carbocycles. The Kier molecular flexibility index (Phi) is 3.14. The quantitative estimate of drug-likeness (QED) is 0.773. The summed E-state index contributed by atoms with van der Waals surface area (Å²) in [6.45, 7) is 1.61. The minimum Gasteiger partial charge on any atom is -0.465 e. The van der Waals surface area contributed by atoms with Crippen molar-refractivity contribution in [1.29, 1.82) is 0 Å². The molecule has 1 N–H and O–H groups in total. The van der Waals surface area contributed by atoms with Crippen molar-refractivity contribution in [2.45, 2.75) is 32.1 Å². The highest BCUT2D eigenvalue weighted by atomic mass is 16.5. The highest BCUT2D eigenvalue weighted by Gasteiger charge is 2.51. The molecule has 0 aromatic carbocycles. The summed E-state index contributed by atoms with van der Waals surface area (Å²) >= 11 is 0. The molecular weight excluding hydrogens is 300 g/mol. The van der Waals surface area contributed by atoms with Gasteiger partial charge in [-0.3, -0.25) is 4.79 Å². The molecule has 2 amide bonds. The number of amides is 2. The Hall–Kier alpha value is -2.05. The fourth-order valence-corrected chi connectivity index (χ4v) is 4.07. The highest BCUT2D eigenvalue weighted by Crippen LogP contribution is 2.46. The van der Waals surface area contributed by atoms with Crippen molar-refractivity contribution in [2.24, 2.45) is 11.3 Å². The highest BCUT2D eigenvalue weighted by molar-refractivity contribution is 5.95. The van der Waals surface area contributed by atoms with Crippen molar-refractivity contribution in [1.82, 2.24) is 9.80 Å². The molecule has 3 heterocycles. The Morgan fingerprint density at radius 1 is 1.13 bits per heavy atom. The second-order valence-electron chi connectivity index (χ2n) is 6.97. The summed E-state index contributed by atoms with van der Waals surface area (Å²) in [4.78, 5) is 39.1. The van der Waals surface area contributed by atoms with E-state index >= 15 is 0 Å². The van der Waals surface area contributed by atoms with Gasteiger partial charge in [-0.1, -0.05) is 0 Å². The summed E-state index contributed by atoms with van der Waals surface area (Å²) in [5, 5.41) is 9.06. The smallest absolute Gasteiger partial charge is 0.407 e. The zero-order valence-electron chi connectivity index (χ0n) is 12.9. The van der Waals surface area contributed by atoms with Gasteiger partial charge in [0.1, 0.15) is 6.61 Å². The number of likely N-dealkylation sites (tertiary alicyclic amines) is 2. The van der Waals surface area contributed by atoms with E-state index in [1.54, 1.807) is 4.90 Å². The third-order valence-corrected chi connectivity index (χ3v) is 5.69. The number of piperidine rings is 1. The lowest BCUT2D eigenvalue weighted by Crippen LogP contribution is -2.46. The van der Waals surface area contributed by atoms with Crippen LogP contribution in [0.15, 0.2) is 11.3 Å². The summed E-state index contributed by atoms with van der Waals surface area (Å²) < 4.78 is 5.17. The van der Waals surface area contributed by atoms with Crippen molar-refractivity contribution in [3.8, 4) is 0 Å². The number of esters is 1. The van der Waals surface area contributed by atoms with E-state index in [1.165, 1.54) is 4.90 Å². The van der Waals surface area contributed by atoms with Crippen LogP contribution >= 0.6 is 0 Å². The summed E-state index contributed by atoms with van der Waals surface area (Å²) in [5.41, 5.74) is 1.01. The maximum absolute atomic E-state index is 13.0. The average molecular weight is 320 g/mol. The summed E-state index contributed by atoms with van der Waals surface area (Å²) in [6.07, 6.45) is 2.93. The SMILES string of the molecule is O=C1OCC(N2CCC3(CCN(C(=O)O)CC3)C2=O)=C1C1CC1. The van der Waals surface area contributed by atoms with E-state index in [9.17, 15) is 14.4 Å². The fourth-order valence-electron chi connectivity index (χ4n) is 4.07. The standard InChI is InChI=1S/C16H20N2O5/c19-13-12(10-1-2-10)11(9-23-13)18-8-5-16(14(18)20)3-6-17(7-4-16)15(21)22/h10H,1-9H2,(H,21,22). The number of hydrogen-bond acceptors (Lipinski definition) is 4. The second kappa shape index (κ2) is 4.97. The van der Waals surface area contributed by atoms with Gasteiger partial charge in [-0.2, -0.15) is 0 Å². The second-order valence-corrected chi connectivity index (χ2v) is 6.97. The van der Waals surface area contributed by atoms with Crippen LogP contribution < -0.4 is 0 Å². The number of rotatable bonds is 2. The molecule has 0 aromatic heterocycles. The molecule has 3 fully saturated rings. The number of hydrogen-bond donors (Lipinski definition) is 1. The first-order valence-corrected chi connectivity index (χ1v) is 8.22. The van der Waals surface area contributed by atoms with Crippen molar-refractivity contribution in [3.63, 3.8) is 0 Å². The van der Waals surface area contributed by atoms with Crippen LogP contribution in [0.3, 0.4) is 0 Å². The molecule has 23 heavy (non-hydrogen) atoms. The lowest BCUT2D eigenvalue weighted by molar-refractivity contribution is -0.138. The lowest BCUT2D eigenvalue weighted by atomic mass is 9.77. The van der Waals surface area contributed by atoms with E-state index in [4.69, 9.17) is 9.84 Å². The molecule has 0 atom stereocenters. The van der Waals surface area contributed by atoms with Gasteiger partial charge in [0.15, 0.2) is 0 Å². The van der Waals surface area contributed by atoms with Gasteiger partial charge in [0.2, 0.25) is 5.91 Å². The van der Waals surface area contributed by atoms with E-state index in [0.717, 1.165) is 25.0 Å². The number of nitrogens with zero attached hydrogens (tertiary/aromatic N) is 2. The molecule has 4 rings (SSSR count). The van der Waals surface area contributed by atoms with Gasteiger partial charge in [-0.15, -0.1) is 0 Å². The Labute approximate surface area is 133 Å². The van der Waals surface area contributed by atoms with Gasteiger partial charge in [0.25, 0.3) is 0 Å². The Bertz CT molecular complexity index is 614. The molecule has 2 saturated heterocycles. The first kappa shape index (κ1) is 14.5. The molecule has 4 aliphatic rings. The predicted octanol–water partition coefficient (Wildman–Crippen LogP) is 1.20. The van der Waals surface area contributed by atoms with Crippen molar-refractivity contribution < 1.29 is 24.2 Å². The monoisotopic (exact) mass is 320 g/mol. The van der Waals surface area contributed by atoms with E-state index in [0.29, 0.717) is 38.0 Å². The Balaban J connectivity index is 1.54. The van der Waals surface area contributed by atoms with Gasteiger partial charge >= 0.3 is 12.1 Å². The number of carbonyl (C=O) groups excluding carboxylic acids is 2. The van der Waals surface area contributed by atoms with Crippen LogP contribution in [0.25, 0.3) is 0 Å². The minimum absolute atomic E-state index is 0.0500. The molecule has 124 valence electrons. The van der Waals surface area contributed by atoms with Gasteiger partial charge in [0, 0.05) is 19.6 Å². The third kappa shape index (κ3) is 2.21. The number of carbonyl (C=O) groups is 3. The molecule has 0 radical (unpaired) electrons. The van der Waals surface area contributed by atoms with Crippen molar-refractivity contribution in [2.75, 3.05) is 26.2 Å². The molecule has 0 bridgehead atoms. The maximum atomic E-state index is 13.0. The first-order chi connectivity index (χ1) is 11.0. The van der Waals surface area contributed by atoms with E-state index in [-0.39, 0.29) is 24.4 Å². The van der Waals surface area contributed by atoms with E-state index in [1.807, 2.05) is 0 Å². The maximum Gasteiger partial charge on any atom is 0.407 e. The molecular formula is C16H20N2O5. The van der Waals surface area contributed by atoms with Crippen LogP contribution in [0.4, 0.5) is 4.79 Å². The van der Waals surface area contributed by atoms with Crippen LogP contribution in [-0.4, -0.2) is 59.1 Å². The number of ether oxygens (including phenoxy) is 1. The van der Waals surface area contributed by atoms with Gasteiger partial charge in [0.05, 0.1) is 16.7 Å². The molecule has 0 unspecified atom stereocenters. The van der Waals surface area contributed by atoms with Crippen LogP contribution in [-0.2, 0) is 14.3 Å². The zero-order chi connectivity index (χ0) is 16.2. The van der Waals surface area contributed by atoms with Crippen LogP contribution in [0.1, 0.15) is 32.1 Å². The lowest BCUT2D eigenvalue weighted by Gasteiger charge is -2.36.